The third kappa shape index (κ3) is 12.8. The number of fused-ring (bicyclic) bond motifs is 1. The molecule has 1 aliphatic heterocycles. The summed E-state index contributed by atoms with van der Waals surface area (Å²) in [5, 5.41) is 0. The molecule has 7 nitrogen and oxygen atoms in total. The lowest BCUT2D eigenvalue weighted by Crippen LogP contribution is -2.40. The van der Waals surface area contributed by atoms with Gasteiger partial charge in [0.1, 0.15) is 17.2 Å². The number of hydrogen-bond acceptors (Lipinski definition) is 7. The van der Waals surface area contributed by atoms with E-state index in [9.17, 15) is 26.7 Å². The second-order valence-electron chi connectivity index (χ2n) is 13.7. The van der Waals surface area contributed by atoms with Crippen LogP contribution in [0.1, 0.15) is 114 Å². The van der Waals surface area contributed by atoms with E-state index in [0.717, 1.165) is 62.0 Å². The van der Waals surface area contributed by atoms with Crippen LogP contribution in [0.5, 0.6) is 17.2 Å². The number of carbonyl (C=O) groups is 1. The summed E-state index contributed by atoms with van der Waals surface area (Å²) in [6.45, 7) is 3.11. The molecule has 2 aromatic rings. The highest BCUT2D eigenvalue weighted by atomic mass is 19.4. The van der Waals surface area contributed by atoms with Crippen molar-refractivity contribution in [3.63, 3.8) is 0 Å². The van der Waals surface area contributed by atoms with Gasteiger partial charge >= 0.3 is 18.1 Å². The molecule has 0 saturated carbocycles. The van der Waals surface area contributed by atoms with Crippen molar-refractivity contribution in [2.24, 2.45) is 5.92 Å². The summed E-state index contributed by atoms with van der Waals surface area (Å²) in [7, 11) is 4.51. The van der Waals surface area contributed by atoms with E-state index >= 15 is 0 Å². The SMILES string of the molecule is COCOc1ccc(C2(C)COc3cc(OCOC)ccc3C2CCCCCCCCC(CCCCCCC(F)(F)C(F)(F)F)C(=O)OC)cc1. The summed E-state index contributed by atoms with van der Waals surface area (Å²) in [6.07, 6.45) is 2.63. The molecule has 0 radical (unpaired) electrons. The topological polar surface area (TPSA) is 72.5 Å². The van der Waals surface area contributed by atoms with Crippen LogP contribution in [-0.2, 0) is 24.4 Å². The first kappa shape index (κ1) is 42.3. The predicted octanol–water partition coefficient (Wildman–Crippen LogP) is 10.5. The van der Waals surface area contributed by atoms with Crippen LogP contribution >= 0.6 is 0 Å². The van der Waals surface area contributed by atoms with E-state index in [4.69, 9.17) is 28.4 Å². The summed E-state index contributed by atoms with van der Waals surface area (Å²) >= 11 is 0. The number of benzene rings is 2. The third-order valence-corrected chi connectivity index (χ3v) is 9.90. The Morgan fingerprint density at radius 3 is 1.92 bits per heavy atom. The average Bonchev–Trinajstić information content (AvgIpc) is 3.11. The van der Waals surface area contributed by atoms with E-state index in [2.05, 4.69) is 25.1 Å². The van der Waals surface area contributed by atoms with Gasteiger partial charge in [0, 0.05) is 38.0 Å². The van der Waals surface area contributed by atoms with Crippen molar-refractivity contribution in [2.45, 2.75) is 120 Å². The molecule has 3 unspecified atom stereocenters. The van der Waals surface area contributed by atoms with E-state index in [0.29, 0.717) is 38.0 Å². The van der Waals surface area contributed by atoms with Gasteiger partial charge < -0.3 is 28.4 Å². The molecule has 288 valence electrons. The lowest BCUT2D eigenvalue weighted by atomic mass is 9.66. The van der Waals surface area contributed by atoms with Crippen molar-refractivity contribution >= 4 is 5.97 Å². The molecule has 0 aliphatic carbocycles. The molecular formula is C39H55F5O7. The van der Waals surface area contributed by atoms with Crippen LogP contribution in [-0.4, -0.2) is 59.6 Å². The Kier molecular flexibility index (Phi) is 17.2. The minimum Gasteiger partial charge on any atom is -0.492 e. The summed E-state index contributed by atoms with van der Waals surface area (Å²) in [5.74, 6) is -2.77. The summed E-state index contributed by atoms with van der Waals surface area (Å²) < 4.78 is 95.9. The number of hydrogen-bond donors (Lipinski definition) is 0. The zero-order valence-electron chi connectivity index (χ0n) is 30.5. The van der Waals surface area contributed by atoms with Crippen LogP contribution in [0.2, 0.25) is 0 Å². The van der Waals surface area contributed by atoms with Crippen LogP contribution in [0.25, 0.3) is 0 Å². The van der Waals surface area contributed by atoms with Crippen LogP contribution in [0.15, 0.2) is 42.5 Å². The van der Waals surface area contributed by atoms with Gasteiger partial charge in [0.15, 0.2) is 13.6 Å². The molecule has 0 amide bonds. The first-order chi connectivity index (χ1) is 24.4. The quantitative estimate of drug-likeness (QED) is 0.0461. The molecular weight excluding hydrogens is 675 g/mol. The van der Waals surface area contributed by atoms with Gasteiger partial charge in [-0.05, 0) is 55.0 Å². The van der Waals surface area contributed by atoms with Gasteiger partial charge in [0.25, 0.3) is 0 Å². The molecule has 3 rings (SSSR count). The van der Waals surface area contributed by atoms with Crippen LogP contribution in [0, 0.1) is 5.92 Å². The number of ether oxygens (including phenoxy) is 6. The predicted molar refractivity (Wildman–Crippen MR) is 185 cm³/mol. The first-order valence-electron chi connectivity index (χ1n) is 18.0. The van der Waals surface area contributed by atoms with E-state index in [1.54, 1.807) is 14.2 Å². The number of methoxy groups -OCH3 is 3. The van der Waals surface area contributed by atoms with E-state index < -0.39 is 18.5 Å². The highest BCUT2D eigenvalue weighted by molar-refractivity contribution is 5.72. The Morgan fingerprint density at radius 2 is 1.33 bits per heavy atom. The van der Waals surface area contributed by atoms with Crippen LogP contribution in [0.3, 0.4) is 0 Å². The van der Waals surface area contributed by atoms with Gasteiger partial charge in [0.2, 0.25) is 0 Å². The lowest BCUT2D eigenvalue weighted by molar-refractivity contribution is -0.284. The Hall–Kier alpha value is -3.12. The highest BCUT2D eigenvalue weighted by Crippen LogP contribution is 2.50. The first-order valence-corrected chi connectivity index (χ1v) is 18.0. The molecule has 1 heterocycles. The summed E-state index contributed by atoms with van der Waals surface area (Å²) in [5.41, 5.74) is 2.06. The maximum Gasteiger partial charge on any atom is 0.453 e. The average molecular weight is 731 g/mol. The largest absolute Gasteiger partial charge is 0.492 e. The van der Waals surface area contributed by atoms with Crippen molar-refractivity contribution in [1.82, 2.24) is 0 Å². The van der Waals surface area contributed by atoms with Crippen LogP contribution < -0.4 is 14.2 Å². The minimum atomic E-state index is -5.51. The lowest BCUT2D eigenvalue weighted by Gasteiger charge is -2.43. The normalized spacial score (nSPS) is 18.1. The Labute approximate surface area is 299 Å². The Morgan fingerprint density at radius 1 is 0.784 bits per heavy atom. The number of carbonyl (C=O) groups excluding carboxylic acids is 1. The second-order valence-corrected chi connectivity index (χ2v) is 13.7. The number of halogens is 5. The van der Waals surface area contributed by atoms with Gasteiger partial charge in [-0.25, -0.2) is 0 Å². The van der Waals surface area contributed by atoms with E-state index in [1.165, 1.54) is 12.7 Å². The van der Waals surface area contributed by atoms with Gasteiger partial charge in [-0.2, -0.15) is 22.0 Å². The number of rotatable bonds is 24. The molecule has 0 spiro atoms. The molecule has 3 atom stereocenters. The monoisotopic (exact) mass is 730 g/mol. The van der Waals surface area contributed by atoms with Crippen LogP contribution in [0.4, 0.5) is 22.0 Å². The van der Waals surface area contributed by atoms with Crippen molar-refractivity contribution < 1.29 is 55.2 Å². The summed E-state index contributed by atoms with van der Waals surface area (Å²) in [6, 6.07) is 14.1. The van der Waals surface area contributed by atoms with E-state index in [1.807, 2.05) is 24.3 Å². The molecule has 0 fully saturated rings. The molecule has 0 saturated heterocycles. The molecule has 1 aliphatic rings. The van der Waals surface area contributed by atoms with Crippen molar-refractivity contribution in [3.8, 4) is 17.2 Å². The minimum absolute atomic E-state index is 0.156. The van der Waals surface area contributed by atoms with Gasteiger partial charge in [-0.15, -0.1) is 0 Å². The van der Waals surface area contributed by atoms with E-state index in [-0.39, 0.29) is 49.6 Å². The number of esters is 1. The molecule has 0 N–H and O–H groups in total. The molecule has 0 aromatic heterocycles. The summed E-state index contributed by atoms with van der Waals surface area (Å²) in [4.78, 5) is 12.3. The van der Waals surface area contributed by atoms with Gasteiger partial charge in [-0.1, -0.05) is 82.9 Å². The smallest absolute Gasteiger partial charge is 0.453 e. The number of unbranched alkanes of at least 4 members (excludes halogenated alkanes) is 8. The second kappa shape index (κ2) is 20.8. The fraction of sp³-hybridized carbons (Fsp3) is 0.667. The molecule has 12 heteroatoms. The zero-order chi connectivity index (χ0) is 37.3. The highest BCUT2D eigenvalue weighted by Gasteiger charge is 2.56. The maximum atomic E-state index is 13.1. The molecule has 0 bridgehead atoms. The number of alkyl halides is 5. The van der Waals surface area contributed by atoms with Gasteiger partial charge in [0.05, 0.1) is 19.6 Å². The van der Waals surface area contributed by atoms with Gasteiger partial charge in [-0.3, -0.25) is 4.79 Å². The Balaban J connectivity index is 1.47. The zero-order valence-corrected chi connectivity index (χ0v) is 30.5. The van der Waals surface area contributed by atoms with Crippen molar-refractivity contribution in [3.05, 3.63) is 53.6 Å². The third-order valence-electron chi connectivity index (χ3n) is 9.90. The fourth-order valence-electron chi connectivity index (χ4n) is 6.86. The fourth-order valence-corrected chi connectivity index (χ4v) is 6.86. The van der Waals surface area contributed by atoms with Crippen molar-refractivity contribution in [2.75, 3.05) is 41.5 Å². The standard InChI is InChI=1S/C39H55F5O7/c1-37(30-18-20-31(21-19-30)50-27-46-2)26-49-35-25-32(51-28-47-3)22-23-33(35)34(37)17-13-8-6-5-7-11-15-29(36(45)48-4)16-12-9-10-14-24-38(40,41)39(42,43)44/h18-23,25,29,34H,5-17,24,26-28H2,1-4H3. The maximum absolute atomic E-state index is 13.1. The molecule has 2 aromatic carbocycles. The molecule has 51 heavy (non-hydrogen) atoms. The Bertz CT molecular complexity index is 1300. The van der Waals surface area contributed by atoms with Crippen molar-refractivity contribution in [1.29, 1.82) is 0 Å².